The molecule has 1 atom stereocenters. The first-order valence-corrected chi connectivity index (χ1v) is 6.02. The van der Waals surface area contributed by atoms with Crippen molar-refractivity contribution in [2.24, 2.45) is 0 Å². The van der Waals surface area contributed by atoms with Gasteiger partial charge in [-0.25, -0.2) is 0 Å². The van der Waals surface area contributed by atoms with Crippen LogP contribution in [0.3, 0.4) is 0 Å². The van der Waals surface area contributed by atoms with Gasteiger partial charge in [-0.3, -0.25) is 14.9 Å². The summed E-state index contributed by atoms with van der Waals surface area (Å²) >= 11 is 0. The molecule has 0 bridgehead atoms. The second-order valence-corrected chi connectivity index (χ2v) is 5.00. The number of nitro groups is 1. The van der Waals surface area contributed by atoms with E-state index in [4.69, 9.17) is 4.74 Å². The van der Waals surface area contributed by atoms with E-state index in [2.05, 4.69) is 5.32 Å². The van der Waals surface area contributed by atoms with Crippen LogP contribution >= 0.6 is 0 Å². The third-order valence-corrected chi connectivity index (χ3v) is 3.12. The van der Waals surface area contributed by atoms with E-state index in [9.17, 15) is 20.0 Å². The van der Waals surface area contributed by atoms with Crippen molar-refractivity contribution in [3.63, 3.8) is 0 Å². The standard InChI is InChI=1S/C13H18N2O5/c1-8(16)13(2,3)14-12(17)9-5-6-10(15(18)19)11(7-9)20-4/h5-8,16H,1-4H3,(H,14,17). The number of hydrogen-bond donors (Lipinski definition) is 2. The maximum absolute atomic E-state index is 12.1. The minimum atomic E-state index is -0.813. The smallest absolute Gasteiger partial charge is 0.310 e. The van der Waals surface area contributed by atoms with Gasteiger partial charge >= 0.3 is 5.69 Å². The van der Waals surface area contributed by atoms with Crippen molar-refractivity contribution < 1.29 is 19.6 Å². The summed E-state index contributed by atoms with van der Waals surface area (Å²) in [5.74, 6) is -0.429. The fourth-order valence-electron chi connectivity index (χ4n) is 1.44. The van der Waals surface area contributed by atoms with Gasteiger partial charge in [-0.05, 0) is 26.8 Å². The number of methoxy groups -OCH3 is 1. The Kier molecular flexibility index (Phi) is 4.67. The van der Waals surface area contributed by atoms with Crippen molar-refractivity contribution in [2.75, 3.05) is 7.11 Å². The number of carbonyl (C=O) groups is 1. The molecule has 7 heteroatoms. The molecule has 1 amide bonds. The minimum Gasteiger partial charge on any atom is -0.490 e. The van der Waals surface area contributed by atoms with Crippen LogP contribution in [-0.4, -0.2) is 34.7 Å². The average Bonchev–Trinajstić information content (AvgIpc) is 2.36. The van der Waals surface area contributed by atoms with Crippen LogP contribution in [0.4, 0.5) is 5.69 Å². The molecule has 1 aromatic carbocycles. The first kappa shape index (κ1) is 15.9. The topological polar surface area (TPSA) is 102 Å². The van der Waals surface area contributed by atoms with Crippen molar-refractivity contribution in [1.29, 1.82) is 0 Å². The van der Waals surface area contributed by atoms with Gasteiger partial charge in [0.1, 0.15) is 0 Å². The summed E-state index contributed by atoms with van der Waals surface area (Å²) in [6, 6.07) is 3.85. The number of hydrogen-bond acceptors (Lipinski definition) is 5. The number of nitrogens with one attached hydrogen (secondary N) is 1. The zero-order valence-electron chi connectivity index (χ0n) is 11.8. The van der Waals surface area contributed by atoms with Gasteiger partial charge in [0.25, 0.3) is 5.91 Å². The van der Waals surface area contributed by atoms with Crippen LogP contribution in [-0.2, 0) is 0 Å². The Morgan fingerprint density at radius 2 is 2.10 bits per heavy atom. The van der Waals surface area contributed by atoms with E-state index < -0.39 is 22.5 Å². The second-order valence-electron chi connectivity index (χ2n) is 5.00. The SMILES string of the molecule is COc1cc(C(=O)NC(C)(C)C(C)O)ccc1[N+](=O)[O-]. The molecule has 0 saturated carbocycles. The number of aliphatic hydroxyl groups excluding tert-OH is 1. The van der Waals surface area contributed by atoms with Crippen LogP contribution in [0.1, 0.15) is 31.1 Å². The largest absolute Gasteiger partial charge is 0.490 e. The molecule has 0 spiro atoms. The summed E-state index contributed by atoms with van der Waals surface area (Å²) in [4.78, 5) is 22.3. The van der Waals surface area contributed by atoms with Gasteiger partial charge in [-0.15, -0.1) is 0 Å². The molecular formula is C13H18N2O5. The van der Waals surface area contributed by atoms with Gasteiger partial charge < -0.3 is 15.2 Å². The molecule has 2 N–H and O–H groups in total. The average molecular weight is 282 g/mol. The maximum Gasteiger partial charge on any atom is 0.310 e. The normalized spacial score (nSPS) is 12.7. The van der Waals surface area contributed by atoms with Crippen molar-refractivity contribution in [2.45, 2.75) is 32.4 Å². The van der Waals surface area contributed by atoms with Crippen LogP contribution < -0.4 is 10.1 Å². The van der Waals surface area contributed by atoms with Crippen LogP contribution in [0.25, 0.3) is 0 Å². The van der Waals surface area contributed by atoms with Gasteiger partial charge in [0.05, 0.1) is 23.7 Å². The number of benzene rings is 1. The highest BCUT2D eigenvalue weighted by Gasteiger charge is 2.27. The lowest BCUT2D eigenvalue weighted by atomic mass is 9.98. The third kappa shape index (κ3) is 3.45. The molecule has 110 valence electrons. The molecule has 0 radical (unpaired) electrons. The quantitative estimate of drug-likeness (QED) is 0.629. The fourth-order valence-corrected chi connectivity index (χ4v) is 1.44. The number of aliphatic hydroxyl groups is 1. The second kappa shape index (κ2) is 5.87. The molecule has 0 saturated heterocycles. The van der Waals surface area contributed by atoms with Gasteiger partial charge in [-0.1, -0.05) is 0 Å². The molecule has 20 heavy (non-hydrogen) atoms. The summed E-state index contributed by atoms with van der Waals surface area (Å²) in [6.45, 7) is 4.92. The molecule has 1 unspecified atom stereocenters. The van der Waals surface area contributed by atoms with Crippen LogP contribution in [0, 0.1) is 10.1 Å². The lowest BCUT2D eigenvalue weighted by Crippen LogP contribution is -2.50. The minimum absolute atomic E-state index is 0.0116. The van der Waals surface area contributed by atoms with E-state index in [0.717, 1.165) is 0 Å². The zero-order chi connectivity index (χ0) is 15.5. The van der Waals surface area contributed by atoms with Gasteiger partial charge in [-0.2, -0.15) is 0 Å². The number of ether oxygens (including phenoxy) is 1. The van der Waals surface area contributed by atoms with E-state index in [-0.39, 0.29) is 17.0 Å². The molecule has 1 rings (SSSR count). The molecule has 0 fully saturated rings. The molecule has 0 aliphatic rings. The van der Waals surface area contributed by atoms with E-state index in [1.54, 1.807) is 20.8 Å². The molecule has 0 aromatic heterocycles. The van der Waals surface area contributed by atoms with E-state index in [1.807, 2.05) is 0 Å². The number of nitrogens with zero attached hydrogens (tertiary/aromatic N) is 1. The lowest BCUT2D eigenvalue weighted by Gasteiger charge is -2.29. The summed E-state index contributed by atoms with van der Waals surface area (Å²) in [7, 11) is 1.30. The summed E-state index contributed by atoms with van der Waals surface area (Å²) < 4.78 is 4.90. The first-order valence-electron chi connectivity index (χ1n) is 6.02. The summed E-state index contributed by atoms with van der Waals surface area (Å²) in [5.41, 5.74) is -0.799. The number of carbonyl (C=O) groups excluding carboxylic acids is 1. The third-order valence-electron chi connectivity index (χ3n) is 3.12. The Labute approximate surface area is 116 Å². The van der Waals surface area contributed by atoms with Crippen molar-refractivity contribution >= 4 is 11.6 Å². The van der Waals surface area contributed by atoms with Crippen molar-refractivity contribution in [3.05, 3.63) is 33.9 Å². The molecule has 0 heterocycles. The maximum atomic E-state index is 12.1. The predicted molar refractivity (Wildman–Crippen MR) is 72.9 cm³/mol. The number of nitro benzene ring substituents is 1. The van der Waals surface area contributed by atoms with Gasteiger partial charge in [0, 0.05) is 17.7 Å². The Morgan fingerprint density at radius 1 is 1.50 bits per heavy atom. The summed E-state index contributed by atoms with van der Waals surface area (Å²) in [6.07, 6.45) is -0.744. The van der Waals surface area contributed by atoms with E-state index >= 15 is 0 Å². The highest BCUT2D eigenvalue weighted by molar-refractivity contribution is 5.95. The van der Waals surface area contributed by atoms with Crippen molar-refractivity contribution in [3.8, 4) is 5.75 Å². The summed E-state index contributed by atoms with van der Waals surface area (Å²) in [5, 5.41) is 23.0. The molecule has 1 aromatic rings. The molecule has 0 aliphatic heterocycles. The van der Waals surface area contributed by atoms with E-state index in [1.165, 1.54) is 25.3 Å². The van der Waals surface area contributed by atoms with Crippen LogP contribution in [0.15, 0.2) is 18.2 Å². The number of amides is 1. The van der Waals surface area contributed by atoms with Gasteiger partial charge in [0.2, 0.25) is 0 Å². The lowest BCUT2D eigenvalue weighted by molar-refractivity contribution is -0.385. The van der Waals surface area contributed by atoms with Gasteiger partial charge in [0.15, 0.2) is 5.75 Å². The Balaban J connectivity index is 3.04. The van der Waals surface area contributed by atoms with Crippen LogP contribution in [0.2, 0.25) is 0 Å². The zero-order valence-corrected chi connectivity index (χ0v) is 11.8. The predicted octanol–water partition coefficient (Wildman–Crippen LogP) is 1.49. The Morgan fingerprint density at radius 3 is 2.55 bits per heavy atom. The Bertz CT molecular complexity index is 525. The monoisotopic (exact) mass is 282 g/mol. The fraction of sp³-hybridized carbons (Fsp3) is 0.462. The number of rotatable bonds is 5. The molecule has 7 nitrogen and oxygen atoms in total. The Hall–Kier alpha value is -2.15. The molecular weight excluding hydrogens is 264 g/mol. The molecule has 0 aliphatic carbocycles. The highest BCUT2D eigenvalue weighted by Crippen LogP contribution is 2.27. The van der Waals surface area contributed by atoms with E-state index in [0.29, 0.717) is 0 Å². The first-order chi connectivity index (χ1) is 9.19. The highest BCUT2D eigenvalue weighted by atomic mass is 16.6. The van der Waals surface area contributed by atoms with Crippen LogP contribution in [0.5, 0.6) is 5.75 Å². The van der Waals surface area contributed by atoms with Crippen molar-refractivity contribution in [1.82, 2.24) is 5.32 Å².